The summed E-state index contributed by atoms with van der Waals surface area (Å²) in [5.74, 6) is 0. The van der Waals surface area contributed by atoms with Crippen LogP contribution in [0.4, 0.5) is 0 Å². The molecule has 0 aliphatic heterocycles. The van der Waals surface area contributed by atoms with Gasteiger partial charge in [0.15, 0.2) is 0 Å². The molecule has 0 aliphatic rings. The molecule has 0 rings (SSSR count). The quantitative estimate of drug-likeness (QED) is 0.416. The van der Waals surface area contributed by atoms with Crippen LogP contribution in [0.1, 0.15) is 13.3 Å². The Morgan fingerprint density at radius 2 is 2.38 bits per heavy atom. The normalized spacial score (nSPS) is 14.8. The second-order valence-corrected chi connectivity index (χ2v) is 3.53. The first kappa shape index (κ1) is 7.82. The second kappa shape index (κ2) is 4.96. The summed E-state index contributed by atoms with van der Waals surface area (Å²) in [5, 5.41) is 2.98. The lowest BCUT2D eigenvalue weighted by atomic mass is 10.3. The van der Waals surface area contributed by atoms with Gasteiger partial charge in [0, 0.05) is 9.52 Å². The molecule has 0 aromatic heterocycles. The fourth-order valence-electron chi connectivity index (χ4n) is 0.665. The predicted octanol–water partition coefficient (Wildman–Crippen LogP) is 1.17. The van der Waals surface area contributed by atoms with Gasteiger partial charge in [-0.2, -0.15) is 4.91 Å². The van der Waals surface area contributed by atoms with Gasteiger partial charge in [-0.3, -0.25) is 0 Å². The van der Waals surface area contributed by atoms with Crippen molar-refractivity contribution in [1.29, 1.82) is 0 Å². The number of rotatable bonds is 4. The van der Waals surface area contributed by atoms with Crippen LogP contribution in [0.15, 0.2) is 5.18 Å². The molecular formula is C5H13NOSi. The topological polar surface area (TPSA) is 29.4 Å². The highest BCUT2D eigenvalue weighted by Crippen LogP contribution is 2.00. The standard InChI is InChI=1S/C5H13NOSi/c1-3-5(6-7)4-8-2/h5H,3-4,8H2,1-2H3. The third-order valence-electron chi connectivity index (χ3n) is 1.24. The van der Waals surface area contributed by atoms with Gasteiger partial charge >= 0.3 is 0 Å². The van der Waals surface area contributed by atoms with E-state index in [4.69, 9.17) is 0 Å². The van der Waals surface area contributed by atoms with E-state index in [1.807, 2.05) is 6.92 Å². The fourth-order valence-corrected chi connectivity index (χ4v) is 1.84. The number of nitrogens with zero attached hydrogens (tertiary/aromatic N) is 1. The van der Waals surface area contributed by atoms with E-state index in [0.29, 0.717) is 0 Å². The summed E-state index contributed by atoms with van der Waals surface area (Å²) in [7, 11) is 0.0508. The molecule has 0 spiro atoms. The summed E-state index contributed by atoms with van der Waals surface area (Å²) in [5.41, 5.74) is 0. The van der Waals surface area contributed by atoms with Crippen molar-refractivity contribution in [2.24, 2.45) is 5.18 Å². The Morgan fingerprint density at radius 3 is 2.50 bits per heavy atom. The minimum absolute atomic E-state index is 0.0508. The van der Waals surface area contributed by atoms with E-state index in [-0.39, 0.29) is 15.6 Å². The molecule has 3 heteroatoms. The summed E-state index contributed by atoms with van der Waals surface area (Å²) in [4.78, 5) is 9.90. The van der Waals surface area contributed by atoms with Gasteiger partial charge in [0.2, 0.25) is 0 Å². The molecule has 2 nitrogen and oxygen atoms in total. The molecule has 8 heavy (non-hydrogen) atoms. The van der Waals surface area contributed by atoms with Crippen LogP contribution >= 0.6 is 0 Å². The first-order valence-corrected chi connectivity index (χ1v) is 5.59. The second-order valence-electron chi connectivity index (χ2n) is 1.96. The molecule has 0 aliphatic carbocycles. The lowest BCUT2D eigenvalue weighted by molar-refractivity contribution is 0.707. The van der Waals surface area contributed by atoms with Gasteiger partial charge in [0.25, 0.3) is 0 Å². The summed E-state index contributed by atoms with van der Waals surface area (Å²) in [6, 6.07) is 1.21. The zero-order valence-corrected chi connectivity index (χ0v) is 6.97. The maximum atomic E-state index is 9.90. The van der Waals surface area contributed by atoms with Crippen LogP contribution in [0.5, 0.6) is 0 Å². The molecule has 0 N–H and O–H groups in total. The van der Waals surface area contributed by atoms with Gasteiger partial charge in [-0.25, -0.2) is 0 Å². The van der Waals surface area contributed by atoms with Gasteiger partial charge in [-0.1, -0.05) is 18.6 Å². The maximum absolute atomic E-state index is 9.90. The van der Waals surface area contributed by atoms with Crippen molar-refractivity contribution in [2.45, 2.75) is 32.0 Å². The predicted molar refractivity (Wildman–Crippen MR) is 39.1 cm³/mol. The summed E-state index contributed by atoms with van der Waals surface area (Å²) in [6.45, 7) is 4.21. The molecular weight excluding hydrogens is 118 g/mol. The Balaban J connectivity index is 3.21. The zero-order valence-electron chi connectivity index (χ0n) is 5.55. The Kier molecular flexibility index (Phi) is 4.85. The molecule has 0 fully saturated rings. The van der Waals surface area contributed by atoms with Crippen molar-refractivity contribution >= 4 is 9.52 Å². The number of hydrogen-bond donors (Lipinski definition) is 0. The van der Waals surface area contributed by atoms with Crippen LogP contribution in [0.25, 0.3) is 0 Å². The van der Waals surface area contributed by atoms with E-state index >= 15 is 0 Å². The molecule has 0 aromatic carbocycles. The summed E-state index contributed by atoms with van der Waals surface area (Å²) < 4.78 is 0. The van der Waals surface area contributed by atoms with Crippen molar-refractivity contribution in [3.8, 4) is 0 Å². The van der Waals surface area contributed by atoms with E-state index in [2.05, 4.69) is 11.7 Å². The first-order chi connectivity index (χ1) is 3.85. The number of nitroso groups, excluding NO2 is 1. The van der Waals surface area contributed by atoms with Crippen molar-refractivity contribution in [3.63, 3.8) is 0 Å². The highest BCUT2D eigenvalue weighted by atomic mass is 28.2. The average molecular weight is 131 g/mol. The largest absolute Gasteiger partial charge is 0.151 e. The SMILES string of the molecule is CCC(C[SiH2]C)N=O. The zero-order chi connectivity index (χ0) is 6.41. The van der Waals surface area contributed by atoms with Gasteiger partial charge in [0.1, 0.15) is 0 Å². The van der Waals surface area contributed by atoms with Gasteiger partial charge in [-0.05, 0) is 12.5 Å². The van der Waals surface area contributed by atoms with E-state index in [1.165, 1.54) is 0 Å². The van der Waals surface area contributed by atoms with Gasteiger partial charge < -0.3 is 0 Å². The van der Waals surface area contributed by atoms with Gasteiger partial charge in [-0.15, -0.1) is 0 Å². The molecule has 0 bridgehead atoms. The third kappa shape index (κ3) is 2.90. The van der Waals surface area contributed by atoms with Crippen LogP contribution in [0, 0.1) is 4.91 Å². The van der Waals surface area contributed by atoms with E-state index in [0.717, 1.165) is 12.5 Å². The third-order valence-corrected chi connectivity index (χ3v) is 2.49. The monoisotopic (exact) mass is 131 g/mol. The van der Waals surface area contributed by atoms with Gasteiger partial charge in [0.05, 0.1) is 6.04 Å². The van der Waals surface area contributed by atoms with Crippen molar-refractivity contribution in [3.05, 3.63) is 4.91 Å². The molecule has 0 aromatic rings. The molecule has 48 valence electrons. The molecule has 0 heterocycles. The van der Waals surface area contributed by atoms with E-state index in [1.54, 1.807) is 0 Å². The minimum atomic E-state index is 0.0508. The minimum Gasteiger partial charge on any atom is -0.151 e. The van der Waals surface area contributed by atoms with Crippen molar-refractivity contribution in [1.82, 2.24) is 0 Å². The van der Waals surface area contributed by atoms with Crippen LogP contribution in [-0.2, 0) is 0 Å². The maximum Gasteiger partial charge on any atom is 0.0888 e. The van der Waals surface area contributed by atoms with Crippen molar-refractivity contribution in [2.75, 3.05) is 0 Å². The Hall–Kier alpha value is -0.183. The highest BCUT2D eigenvalue weighted by molar-refractivity contribution is 6.33. The first-order valence-electron chi connectivity index (χ1n) is 3.17. The molecule has 1 atom stereocenters. The Bertz CT molecular complexity index is 67.4. The van der Waals surface area contributed by atoms with Crippen LogP contribution in [-0.4, -0.2) is 15.6 Å². The molecule has 0 amide bonds. The van der Waals surface area contributed by atoms with Crippen molar-refractivity contribution < 1.29 is 0 Å². The summed E-state index contributed by atoms with van der Waals surface area (Å²) in [6.07, 6.45) is 0.921. The van der Waals surface area contributed by atoms with E-state index in [9.17, 15) is 4.91 Å². The lowest BCUT2D eigenvalue weighted by Crippen LogP contribution is -2.02. The Morgan fingerprint density at radius 1 is 1.75 bits per heavy atom. The number of hydrogen-bond acceptors (Lipinski definition) is 2. The molecule has 0 saturated heterocycles. The smallest absolute Gasteiger partial charge is 0.0888 e. The Labute approximate surface area is 52.5 Å². The molecule has 0 saturated carbocycles. The van der Waals surface area contributed by atoms with Crippen LogP contribution in [0.2, 0.25) is 12.6 Å². The highest BCUT2D eigenvalue weighted by Gasteiger charge is 2.01. The molecule has 1 unspecified atom stereocenters. The average Bonchev–Trinajstić information content (AvgIpc) is 1.83. The lowest BCUT2D eigenvalue weighted by Gasteiger charge is -1.99. The van der Waals surface area contributed by atoms with Crippen LogP contribution < -0.4 is 0 Å². The fraction of sp³-hybridized carbons (Fsp3) is 1.00. The summed E-state index contributed by atoms with van der Waals surface area (Å²) >= 11 is 0. The molecule has 0 radical (unpaired) electrons. The van der Waals surface area contributed by atoms with Crippen LogP contribution in [0.3, 0.4) is 0 Å². The van der Waals surface area contributed by atoms with E-state index < -0.39 is 0 Å².